The fourth-order valence-corrected chi connectivity index (χ4v) is 2.11. The summed E-state index contributed by atoms with van der Waals surface area (Å²) in [6.45, 7) is 3.08. The van der Waals surface area contributed by atoms with Gasteiger partial charge in [0.1, 0.15) is 11.6 Å². The summed E-state index contributed by atoms with van der Waals surface area (Å²) in [5.41, 5.74) is -0.576. The minimum Gasteiger partial charge on any atom is -0.352 e. The molecular weight excluding hydrogens is 319 g/mol. The predicted molar refractivity (Wildman–Crippen MR) is 72.5 cm³/mol. The van der Waals surface area contributed by atoms with E-state index in [0.717, 1.165) is 18.1 Å². The van der Waals surface area contributed by atoms with Crippen LogP contribution < -0.4 is 0 Å². The summed E-state index contributed by atoms with van der Waals surface area (Å²) in [4.78, 5) is 0. The van der Waals surface area contributed by atoms with Gasteiger partial charge in [-0.3, -0.25) is 0 Å². The molecule has 1 aromatic carbocycles. The van der Waals surface area contributed by atoms with E-state index in [-0.39, 0.29) is 6.42 Å². The van der Waals surface area contributed by atoms with E-state index in [1.54, 1.807) is 0 Å². The average Bonchev–Trinajstić information content (AvgIpc) is 2.44. The van der Waals surface area contributed by atoms with Crippen molar-refractivity contribution in [3.63, 3.8) is 0 Å². The van der Waals surface area contributed by atoms with Crippen LogP contribution in [0, 0.1) is 29.4 Å². The van der Waals surface area contributed by atoms with Crippen molar-refractivity contribution in [2.24, 2.45) is 5.92 Å². The Kier molecular flexibility index (Phi) is 5.60. The lowest BCUT2D eigenvalue weighted by Gasteiger charge is -2.27. The first kappa shape index (κ1) is 17.7. The molecule has 126 valence electrons. The van der Waals surface area contributed by atoms with E-state index >= 15 is 0 Å². The molecule has 2 rings (SSSR count). The van der Waals surface area contributed by atoms with Gasteiger partial charge in [0.2, 0.25) is 0 Å². The molecule has 1 fully saturated rings. The molecule has 0 amide bonds. The van der Waals surface area contributed by atoms with Gasteiger partial charge in [0.15, 0.2) is 6.29 Å². The lowest BCUT2D eigenvalue weighted by molar-refractivity contribution is -0.199. The van der Waals surface area contributed by atoms with E-state index in [4.69, 9.17) is 9.47 Å². The second kappa shape index (κ2) is 7.28. The van der Waals surface area contributed by atoms with Gasteiger partial charge in [0.05, 0.1) is 18.8 Å². The maximum Gasteiger partial charge on any atom is 0.458 e. The van der Waals surface area contributed by atoms with Crippen LogP contribution in [0.25, 0.3) is 0 Å². The van der Waals surface area contributed by atoms with Crippen LogP contribution in [0.15, 0.2) is 12.1 Å². The van der Waals surface area contributed by atoms with Crippen LogP contribution in [-0.2, 0) is 15.9 Å². The summed E-state index contributed by atoms with van der Waals surface area (Å²) >= 11 is 0. The standard InChI is InChI=1S/C16H15F5O2/c1-10-8-22-15(23-9-10)3-2-11-6-13(17)12(14(18)7-11)4-5-16(19,20)21/h6-7,10,15H,2-3,8-9H2,1H3. The molecule has 1 saturated heterocycles. The highest BCUT2D eigenvalue weighted by Crippen LogP contribution is 2.20. The molecule has 0 N–H and O–H groups in total. The number of halogens is 5. The second-order valence-corrected chi connectivity index (χ2v) is 5.42. The zero-order valence-corrected chi connectivity index (χ0v) is 12.3. The predicted octanol–water partition coefficient (Wildman–Crippen LogP) is 3.82. The number of aryl methyl sites for hydroxylation is 1. The summed E-state index contributed by atoms with van der Waals surface area (Å²) in [5.74, 6) is 0.410. The molecule has 0 unspecified atom stereocenters. The van der Waals surface area contributed by atoms with Crippen LogP contribution in [0.3, 0.4) is 0 Å². The number of alkyl halides is 3. The molecule has 0 radical (unpaired) electrons. The highest BCUT2D eigenvalue weighted by atomic mass is 19.4. The number of rotatable bonds is 3. The van der Waals surface area contributed by atoms with Gasteiger partial charge >= 0.3 is 6.18 Å². The zero-order valence-electron chi connectivity index (χ0n) is 12.3. The van der Waals surface area contributed by atoms with Gasteiger partial charge in [-0.2, -0.15) is 13.2 Å². The highest BCUT2D eigenvalue weighted by molar-refractivity contribution is 5.39. The van der Waals surface area contributed by atoms with E-state index in [1.165, 1.54) is 5.92 Å². The first-order valence-corrected chi connectivity index (χ1v) is 7.05. The molecule has 0 aromatic heterocycles. The van der Waals surface area contributed by atoms with Crippen molar-refractivity contribution < 1.29 is 31.4 Å². The largest absolute Gasteiger partial charge is 0.458 e. The minimum absolute atomic E-state index is 0.278. The molecule has 1 aliphatic rings. The van der Waals surface area contributed by atoms with Crippen LogP contribution in [-0.4, -0.2) is 25.7 Å². The molecule has 1 heterocycles. The van der Waals surface area contributed by atoms with Crippen LogP contribution in [0.5, 0.6) is 0 Å². The number of benzene rings is 1. The first-order valence-electron chi connectivity index (χ1n) is 7.05. The Morgan fingerprint density at radius 2 is 1.70 bits per heavy atom. The molecule has 0 spiro atoms. The first-order chi connectivity index (χ1) is 10.7. The van der Waals surface area contributed by atoms with E-state index in [0.29, 0.717) is 31.1 Å². The van der Waals surface area contributed by atoms with E-state index in [9.17, 15) is 22.0 Å². The van der Waals surface area contributed by atoms with Crippen molar-refractivity contribution >= 4 is 0 Å². The fraction of sp³-hybridized carbons (Fsp3) is 0.500. The quantitative estimate of drug-likeness (QED) is 0.618. The Hall–Kier alpha value is -1.65. The Morgan fingerprint density at radius 1 is 1.13 bits per heavy atom. The third-order valence-corrected chi connectivity index (χ3v) is 3.23. The molecule has 0 aliphatic carbocycles. The lowest BCUT2D eigenvalue weighted by Crippen LogP contribution is -2.30. The molecule has 0 bridgehead atoms. The smallest absolute Gasteiger partial charge is 0.352 e. The third-order valence-electron chi connectivity index (χ3n) is 3.23. The van der Waals surface area contributed by atoms with Gasteiger partial charge in [0.25, 0.3) is 0 Å². The van der Waals surface area contributed by atoms with E-state index in [2.05, 4.69) is 0 Å². The molecule has 0 atom stereocenters. The summed E-state index contributed by atoms with van der Waals surface area (Å²) in [7, 11) is 0. The summed E-state index contributed by atoms with van der Waals surface area (Å²) < 4.78 is 74.3. The molecule has 23 heavy (non-hydrogen) atoms. The summed E-state index contributed by atoms with van der Waals surface area (Å²) in [6, 6.07) is 1.96. The maximum absolute atomic E-state index is 13.7. The number of hydrogen-bond acceptors (Lipinski definition) is 2. The third kappa shape index (κ3) is 5.48. The van der Waals surface area contributed by atoms with Gasteiger partial charge in [-0.05, 0) is 24.1 Å². The highest BCUT2D eigenvalue weighted by Gasteiger charge is 2.24. The Morgan fingerprint density at radius 3 is 2.22 bits per heavy atom. The normalized spacial score (nSPS) is 21.7. The van der Waals surface area contributed by atoms with Crippen LogP contribution in [0.2, 0.25) is 0 Å². The van der Waals surface area contributed by atoms with Crippen molar-refractivity contribution in [3.05, 3.63) is 34.9 Å². The minimum atomic E-state index is -4.80. The number of hydrogen-bond donors (Lipinski definition) is 0. The van der Waals surface area contributed by atoms with E-state index < -0.39 is 29.7 Å². The van der Waals surface area contributed by atoms with Gasteiger partial charge in [-0.1, -0.05) is 12.8 Å². The monoisotopic (exact) mass is 334 g/mol. The van der Waals surface area contributed by atoms with Crippen molar-refractivity contribution in [2.45, 2.75) is 32.2 Å². The topological polar surface area (TPSA) is 18.5 Å². The van der Waals surface area contributed by atoms with Gasteiger partial charge in [0, 0.05) is 18.3 Å². The Balaban J connectivity index is 2.03. The maximum atomic E-state index is 13.7. The number of ether oxygens (including phenoxy) is 2. The van der Waals surface area contributed by atoms with Crippen LogP contribution in [0.1, 0.15) is 24.5 Å². The van der Waals surface area contributed by atoms with Gasteiger partial charge in [-0.25, -0.2) is 8.78 Å². The van der Waals surface area contributed by atoms with Crippen molar-refractivity contribution in [3.8, 4) is 11.8 Å². The Bertz CT molecular complexity index is 584. The van der Waals surface area contributed by atoms with Gasteiger partial charge < -0.3 is 9.47 Å². The Labute approximate surface area is 130 Å². The van der Waals surface area contributed by atoms with Crippen LogP contribution in [0.4, 0.5) is 22.0 Å². The van der Waals surface area contributed by atoms with Crippen LogP contribution >= 0.6 is 0 Å². The van der Waals surface area contributed by atoms with Gasteiger partial charge in [-0.15, -0.1) is 0 Å². The van der Waals surface area contributed by atoms with E-state index in [1.807, 2.05) is 6.92 Å². The molecular formula is C16H15F5O2. The fourth-order valence-electron chi connectivity index (χ4n) is 2.11. The van der Waals surface area contributed by atoms with Crippen molar-refractivity contribution in [2.75, 3.05) is 13.2 Å². The average molecular weight is 334 g/mol. The summed E-state index contributed by atoms with van der Waals surface area (Å²) in [6.07, 6.45) is -4.56. The van der Waals surface area contributed by atoms with Crippen molar-refractivity contribution in [1.29, 1.82) is 0 Å². The molecule has 0 saturated carbocycles. The second-order valence-electron chi connectivity index (χ2n) is 5.42. The summed E-state index contributed by atoms with van der Waals surface area (Å²) in [5, 5.41) is 0. The molecule has 1 aliphatic heterocycles. The molecule has 7 heteroatoms. The van der Waals surface area contributed by atoms with Crippen molar-refractivity contribution in [1.82, 2.24) is 0 Å². The zero-order chi connectivity index (χ0) is 17.0. The SMILES string of the molecule is CC1COC(CCc2cc(F)c(C#CC(F)(F)F)c(F)c2)OC1. The lowest BCUT2D eigenvalue weighted by atomic mass is 10.1. The molecule has 1 aromatic rings. The molecule has 2 nitrogen and oxygen atoms in total.